The van der Waals surface area contributed by atoms with Gasteiger partial charge in [-0.1, -0.05) is 32.8 Å². The maximum atomic E-state index is 4.54. The second-order valence-corrected chi connectivity index (χ2v) is 4.58. The first-order valence-corrected chi connectivity index (χ1v) is 7.03. The summed E-state index contributed by atoms with van der Waals surface area (Å²) in [5.41, 5.74) is 3.05. The van der Waals surface area contributed by atoms with Crippen LogP contribution in [0.1, 0.15) is 57.3 Å². The maximum absolute atomic E-state index is 4.54. The van der Waals surface area contributed by atoms with E-state index in [9.17, 15) is 0 Å². The van der Waals surface area contributed by atoms with Crippen LogP contribution in [-0.4, -0.2) is 14.5 Å². The molecule has 0 aliphatic heterocycles. The number of hydrogen-bond acceptors (Lipinski definition) is 4. The molecule has 0 amide bonds. The molecule has 0 aromatic carbocycles. The number of rotatable bonds is 7. The third-order valence-corrected chi connectivity index (χ3v) is 3.10. The van der Waals surface area contributed by atoms with Gasteiger partial charge in [-0.2, -0.15) is 8.75 Å². The second kappa shape index (κ2) is 8.12. The van der Waals surface area contributed by atoms with Crippen LogP contribution in [0.2, 0.25) is 0 Å². The molecule has 1 aromatic heterocycles. The van der Waals surface area contributed by atoms with Crippen LogP contribution in [0.15, 0.2) is 17.3 Å². The average molecular weight is 251 g/mol. The Morgan fingerprint density at radius 3 is 2.71 bits per heavy atom. The Labute approximate surface area is 108 Å². The van der Waals surface area contributed by atoms with Crippen molar-refractivity contribution in [1.29, 1.82) is 0 Å². The average Bonchev–Trinajstić information content (AvgIpc) is 2.75. The van der Waals surface area contributed by atoms with Crippen molar-refractivity contribution in [1.82, 2.24) is 8.75 Å². The van der Waals surface area contributed by atoms with Gasteiger partial charge in [0.2, 0.25) is 0 Å². The van der Waals surface area contributed by atoms with Crippen LogP contribution in [0.25, 0.3) is 0 Å². The quantitative estimate of drug-likeness (QED) is 0.683. The topological polar surface area (TPSA) is 38.1 Å². The summed E-state index contributed by atoms with van der Waals surface area (Å²) in [6.07, 6.45) is 9.58. The lowest BCUT2D eigenvalue weighted by Gasteiger charge is -2.01. The molecule has 0 atom stereocenters. The summed E-state index contributed by atoms with van der Waals surface area (Å²) in [4.78, 5) is 4.54. The zero-order valence-corrected chi connectivity index (χ0v) is 11.8. The van der Waals surface area contributed by atoms with Gasteiger partial charge in [-0.25, -0.2) is 0 Å². The summed E-state index contributed by atoms with van der Waals surface area (Å²) in [5, 5.41) is 0. The van der Waals surface area contributed by atoms with Gasteiger partial charge >= 0.3 is 0 Å². The van der Waals surface area contributed by atoms with Crippen LogP contribution >= 0.6 is 11.7 Å². The highest BCUT2D eigenvalue weighted by Gasteiger charge is 2.10. The Balaban J connectivity index is 2.77. The third-order valence-electron chi connectivity index (χ3n) is 2.48. The number of aryl methyl sites for hydroxylation is 1. The van der Waals surface area contributed by atoms with Gasteiger partial charge in [0.05, 0.1) is 23.1 Å². The number of hydrogen-bond donors (Lipinski definition) is 0. The zero-order valence-electron chi connectivity index (χ0n) is 10.9. The lowest BCUT2D eigenvalue weighted by Crippen LogP contribution is -2.03. The molecule has 0 N–H and O–H groups in total. The first-order valence-electron chi connectivity index (χ1n) is 6.30. The van der Waals surface area contributed by atoms with Gasteiger partial charge in [0.15, 0.2) is 0 Å². The predicted octanol–water partition coefficient (Wildman–Crippen LogP) is 4.14. The van der Waals surface area contributed by atoms with Crippen molar-refractivity contribution in [2.45, 2.75) is 52.9 Å². The summed E-state index contributed by atoms with van der Waals surface area (Å²) in [6, 6.07) is 0. The van der Waals surface area contributed by atoms with Crippen molar-refractivity contribution in [3.8, 4) is 0 Å². The van der Waals surface area contributed by atoms with Crippen molar-refractivity contribution in [2.24, 2.45) is 4.99 Å². The van der Waals surface area contributed by atoms with Crippen molar-refractivity contribution in [2.75, 3.05) is 0 Å². The molecule has 0 saturated carbocycles. The number of aromatic nitrogens is 2. The Kier molecular flexibility index (Phi) is 6.70. The minimum atomic E-state index is 0.976. The molecular formula is C13H21N3S. The highest BCUT2D eigenvalue weighted by atomic mass is 32.1. The molecule has 0 radical (unpaired) electrons. The van der Waals surface area contributed by atoms with E-state index in [-0.39, 0.29) is 0 Å². The fourth-order valence-corrected chi connectivity index (χ4v) is 2.03. The summed E-state index contributed by atoms with van der Waals surface area (Å²) >= 11 is 1.27. The van der Waals surface area contributed by atoms with Gasteiger partial charge in [0.25, 0.3) is 0 Å². The Morgan fingerprint density at radius 1 is 1.29 bits per heavy atom. The van der Waals surface area contributed by atoms with Crippen LogP contribution < -0.4 is 0 Å². The van der Waals surface area contributed by atoms with E-state index in [0.29, 0.717) is 0 Å². The van der Waals surface area contributed by atoms with E-state index in [1.54, 1.807) is 0 Å². The smallest absolute Gasteiger partial charge is 0.121 e. The van der Waals surface area contributed by atoms with Gasteiger partial charge < -0.3 is 0 Å². The summed E-state index contributed by atoms with van der Waals surface area (Å²) in [6.45, 7) is 6.35. The molecule has 0 unspecified atom stereocenters. The molecule has 1 heterocycles. The molecule has 0 bridgehead atoms. The maximum Gasteiger partial charge on any atom is 0.121 e. The van der Waals surface area contributed by atoms with E-state index in [2.05, 4.69) is 33.7 Å². The van der Waals surface area contributed by atoms with E-state index in [1.807, 2.05) is 13.1 Å². The fourth-order valence-electron chi connectivity index (χ4n) is 1.47. The number of unbranched alkanes of at least 4 members (excludes halogenated alkanes) is 2. The van der Waals surface area contributed by atoms with Gasteiger partial charge in [-0.15, -0.1) is 0 Å². The Bertz CT molecular complexity index is 380. The largest absolute Gasteiger partial charge is 0.259 e. The molecule has 3 nitrogen and oxygen atoms in total. The van der Waals surface area contributed by atoms with Crippen LogP contribution in [0.5, 0.6) is 0 Å². The molecule has 0 aliphatic rings. The molecule has 4 heteroatoms. The zero-order chi connectivity index (χ0) is 12.5. The summed E-state index contributed by atoms with van der Waals surface area (Å²) in [7, 11) is 0. The molecule has 0 fully saturated rings. The minimum Gasteiger partial charge on any atom is -0.259 e. The summed E-state index contributed by atoms with van der Waals surface area (Å²) in [5.74, 6) is 0. The van der Waals surface area contributed by atoms with Gasteiger partial charge in [-0.3, -0.25) is 4.99 Å². The molecule has 0 saturated heterocycles. The Hall–Kier alpha value is -1.03. The molecular weight excluding hydrogens is 230 g/mol. The van der Waals surface area contributed by atoms with E-state index in [0.717, 1.165) is 42.8 Å². The minimum absolute atomic E-state index is 0.976. The number of nitrogens with zero attached hydrogens (tertiary/aromatic N) is 3. The molecule has 0 aliphatic carbocycles. The molecule has 17 heavy (non-hydrogen) atoms. The van der Waals surface area contributed by atoms with Crippen LogP contribution in [0, 0.1) is 6.92 Å². The van der Waals surface area contributed by atoms with Gasteiger partial charge in [0, 0.05) is 6.20 Å². The SMILES string of the molecule is CCC/C=C/N=C(CCCC)c1nsnc1C. The highest BCUT2D eigenvalue weighted by Crippen LogP contribution is 2.11. The molecule has 1 rings (SSSR count). The van der Waals surface area contributed by atoms with Crippen molar-refractivity contribution in [3.63, 3.8) is 0 Å². The number of aliphatic imine (C=N–C) groups is 1. The fraction of sp³-hybridized carbons (Fsp3) is 0.615. The molecule has 1 aromatic rings. The standard InChI is InChI=1S/C13H21N3S/c1-4-6-8-10-14-12(9-7-5-2)13-11(3)15-17-16-13/h8,10H,4-7,9H2,1-3H3/b10-8+,14-12?. The molecule has 94 valence electrons. The Morgan fingerprint density at radius 2 is 2.12 bits per heavy atom. The van der Waals surface area contributed by atoms with Crippen LogP contribution in [0.3, 0.4) is 0 Å². The van der Waals surface area contributed by atoms with E-state index < -0.39 is 0 Å². The van der Waals surface area contributed by atoms with E-state index in [4.69, 9.17) is 0 Å². The first-order chi connectivity index (χ1) is 8.29. The van der Waals surface area contributed by atoms with E-state index >= 15 is 0 Å². The predicted molar refractivity (Wildman–Crippen MR) is 74.8 cm³/mol. The van der Waals surface area contributed by atoms with Crippen LogP contribution in [0.4, 0.5) is 0 Å². The van der Waals surface area contributed by atoms with Crippen LogP contribution in [-0.2, 0) is 0 Å². The lowest BCUT2D eigenvalue weighted by molar-refractivity contribution is 0.833. The van der Waals surface area contributed by atoms with Crippen molar-refractivity contribution >= 4 is 17.4 Å². The number of allylic oxidation sites excluding steroid dienone is 1. The third kappa shape index (κ3) is 4.77. The van der Waals surface area contributed by atoms with Crippen molar-refractivity contribution < 1.29 is 0 Å². The lowest BCUT2D eigenvalue weighted by atomic mass is 10.1. The second-order valence-electron chi connectivity index (χ2n) is 4.05. The van der Waals surface area contributed by atoms with E-state index in [1.165, 1.54) is 18.1 Å². The van der Waals surface area contributed by atoms with Gasteiger partial charge in [0.1, 0.15) is 5.69 Å². The highest BCUT2D eigenvalue weighted by molar-refractivity contribution is 6.99. The first kappa shape index (κ1) is 14.0. The normalized spacial score (nSPS) is 12.5. The molecule has 0 spiro atoms. The van der Waals surface area contributed by atoms with Crippen molar-refractivity contribution in [3.05, 3.63) is 23.7 Å². The van der Waals surface area contributed by atoms with Gasteiger partial charge in [-0.05, 0) is 26.2 Å². The monoisotopic (exact) mass is 251 g/mol. The summed E-state index contributed by atoms with van der Waals surface area (Å²) < 4.78 is 8.55.